The van der Waals surface area contributed by atoms with E-state index in [1.165, 1.54) is 6.20 Å². The van der Waals surface area contributed by atoms with E-state index in [1.807, 2.05) is 0 Å². The number of hydrogen-bond acceptors (Lipinski definition) is 4. The highest BCUT2D eigenvalue weighted by atomic mass is 19.4. The molecule has 0 unspecified atom stereocenters. The largest absolute Gasteiger partial charge is 0.444 e. The molecule has 18 heavy (non-hydrogen) atoms. The molecule has 0 fully saturated rings. The number of hydrogen-bond donors (Lipinski definition) is 1. The number of anilines is 1. The zero-order valence-corrected chi connectivity index (χ0v) is 9.45. The number of nitrogens with one attached hydrogen (secondary N) is 1. The summed E-state index contributed by atoms with van der Waals surface area (Å²) in [5.41, 5.74) is -0.747. The number of aryl methyl sites for hydroxylation is 1. The van der Waals surface area contributed by atoms with Crippen LogP contribution in [0.4, 0.5) is 19.0 Å². The summed E-state index contributed by atoms with van der Waals surface area (Å²) in [7, 11) is 0. The highest BCUT2D eigenvalue weighted by Crippen LogP contribution is 2.29. The molecular weight excluding hydrogens is 247 g/mol. The van der Waals surface area contributed by atoms with E-state index in [-0.39, 0.29) is 12.4 Å². The summed E-state index contributed by atoms with van der Waals surface area (Å²) in [5.74, 6) is 1.16. The molecule has 2 heterocycles. The van der Waals surface area contributed by atoms with Crippen LogP contribution in [-0.2, 0) is 12.7 Å². The van der Waals surface area contributed by atoms with Gasteiger partial charge in [-0.2, -0.15) is 13.2 Å². The molecule has 7 heteroatoms. The fourth-order valence-electron chi connectivity index (χ4n) is 1.35. The van der Waals surface area contributed by atoms with Crippen molar-refractivity contribution in [1.82, 2.24) is 9.97 Å². The summed E-state index contributed by atoms with van der Waals surface area (Å²) in [6, 6.07) is 1.86. The molecule has 0 radical (unpaired) electrons. The Morgan fingerprint density at radius 1 is 1.33 bits per heavy atom. The van der Waals surface area contributed by atoms with Crippen molar-refractivity contribution in [1.29, 1.82) is 0 Å². The van der Waals surface area contributed by atoms with Crippen LogP contribution in [0.1, 0.15) is 17.2 Å². The van der Waals surface area contributed by atoms with Gasteiger partial charge in [0.25, 0.3) is 0 Å². The Balaban J connectivity index is 2.06. The van der Waals surface area contributed by atoms with Crippen LogP contribution in [0.5, 0.6) is 0 Å². The third-order valence-electron chi connectivity index (χ3n) is 2.18. The average molecular weight is 257 g/mol. The second-order valence-corrected chi connectivity index (χ2v) is 3.65. The van der Waals surface area contributed by atoms with Crippen molar-refractivity contribution < 1.29 is 17.6 Å². The molecule has 96 valence electrons. The van der Waals surface area contributed by atoms with Gasteiger partial charge in [-0.3, -0.25) is 0 Å². The molecule has 2 aromatic rings. The number of halogens is 3. The van der Waals surface area contributed by atoms with E-state index in [4.69, 9.17) is 4.42 Å². The van der Waals surface area contributed by atoms with Gasteiger partial charge in [-0.15, -0.1) is 0 Å². The first kappa shape index (κ1) is 12.4. The van der Waals surface area contributed by atoms with E-state index in [2.05, 4.69) is 15.3 Å². The number of alkyl halides is 3. The minimum Gasteiger partial charge on any atom is -0.444 e. The van der Waals surface area contributed by atoms with Gasteiger partial charge in [0.15, 0.2) is 0 Å². The summed E-state index contributed by atoms with van der Waals surface area (Å²) < 4.78 is 42.5. The van der Waals surface area contributed by atoms with E-state index in [0.717, 1.165) is 18.3 Å². The molecule has 0 aromatic carbocycles. The van der Waals surface area contributed by atoms with Crippen LogP contribution >= 0.6 is 0 Å². The van der Waals surface area contributed by atoms with Crippen LogP contribution < -0.4 is 5.32 Å². The van der Waals surface area contributed by atoms with Crippen molar-refractivity contribution in [3.63, 3.8) is 0 Å². The smallest absolute Gasteiger partial charge is 0.416 e. The van der Waals surface area contributed by atoms with E-state index < -0.39 is 11.7 Å². The number of rotatable bonds is 3. The zero-order chi connectivity index (χ0) is 13.2. The van der Waals surface area contributed by atoms with Gasteiger partial charge in [-0.05, 0) is 19.1 Å². The van der Waals surface area contributed by atoms with Gasteiger partial charge in [0.1, 0.15) is 11.6 Å². The average Bonchev–Trinajstić information content (AvgIpc) is 2.72. The highest BCUT2D eigenvalue weighted by Gasteiger charge is 2.30. The van der Waals surface area contributed by atoms with E-state index in [0.29, 0.717) is 11.7 Å². The highest BCUT2D eigenvalue weighted by molar-refractivity contribution is 5.38. The number of pyridine rings is 1. The molecule has 0 aliphatic carbocycles. The first-order valence-corrected chi connectivity index (χ1v) is 5.13. The molecule has 2 aromatic heterocycles. The lowest BCUT2D eigenvalue weighted by Crippen LogP contribution is -2.07. The molecule has 1 N–H and O–H groups in total. The quantitative estimate of drug-likeness (QED) is 0.918. The normalized spacial score (nSPS) is 11.6. The van der Waals surface area contributed by atoms with E-state index in [9.17, 15) is 13.2 Å². The summed E-state index contributed by atoms with van der Waals surface area (Å²) in [5, 5.41) is 2.72. The zero-order valence-electron chi connectivity index (χ0n) is 9.45. The van der Waals surface area contributed by atoms with Crippen LogP contribution in [0, 0.1) is 6.92 Å². The van der Waals surface area contributed by atoms with Gasteiger partial charge in [-0.1, -0.05) is 0 Å². The molecule has 0 saturated carbocycles. The third kappa shape index (κ3) is 2.99. The number of aromatic nitrogens is 2. The third-order valence-corrected chi connectivity index (χ3v) is 2.18. The summed E-state index contributed by atoms with van der Waals surface area (Å²) in [4.78, 5) is 7.72. The van der Waals surface area contributed by atoms with Crippen LogP contribution in [0.15, 0.2) is 28.9 Å². The maximum Gasteiger partial charge on any atom is 0.416 e. The van der Waals surface area contributed by atoms with Gasteiger partial charge in [0.05, 0.1) is 18.3 Å². The van der Waals surface area contributed by atoms with Gasteiger partial charge in [0.2, 0.25) is 5.89 Å². The Bertz CT molecular complexity index is 536. The molecule has 0 spiro atoms. The maximum absolute atomic E-state index is 12.4. The summed E-state index contributed by atoms with van der Waals surface area (Å²) >= 11 is 0. The van der Waals surface area contributed by atoms with E-state index in [1.54, 1.807) is 6.92 Å². The van der Waals surface area contributed by atoms with Gasteiger partial charge in [0, 0.05) is 6.20 Å². The fourth-order valence-corrected chi connectivity index (χ4v) is 1.35. The Hall–Kier alpha value is -2.05. The monoisotopic (exact) mass is 257 g/mol. The van der Waals surface area contributed by atoms with Crippen LogP contribution in [-0.4, -0.2) is 9.97 Å². The first-order valence-electron chi connectivity index (χ1n) is 5.13. The second-order valence-electron chi connectivity index (χ2n) is 3.65. The van der Waals surface area contributed by atoms with Gasteiger partial charge >= 0.3 is 6.18 Å². The van der Waals surface area contributed by atoms with E-state index >= 15 is 0 Å². The lowest BCUT2D eigenvalue weighted by Gasteiger charge is -2.08. The fraction of sp³-hybridized carbons (Fsp3) is 0.273. The topological polar surface area (TPSA) is 51.0 Å². The molecule has 0 aliphatic rings. The minimum absolute atomic E-state index is 0.126. The summed E-state index contributed by atoms with van der Waals surface area (Å²) in [6.45, 7) is 1.92. The second kappa shape index (κ2) is 4.67. The number of nitrogens with zero attached hydrogens (tertiary/aromatic N) is 2. The first-order chi connectivity index (χ1) is 8.45. The summed E-state index contributed by atoms with van der Waals surface area (Å²) in [6.07, 6.45) is -1.73. The van der Waals surface area contributed by atoms with Crippen LogP contribution in [0.3, 0.4) is 0 Å². The lowest BCUT2D eigenvalue weighted by molar-refractivity contribution is -0.137. The standard InChI is InChI=1S/C11H10F3N3O/c1-7-5-17-10(18-7)6-16-9-4-8(2-3-15-9)11(12,13)14/h2-5H,6H2,1H3,(H,15,16). The minimum atomic E-state index is -4.38. The molecule has 2 rings (SSSR count). The predicted octanol–water partition coefficient (Wildman–Crippen LogP) is 3.01. The maximum atomic E-state index is 12.4. The molecular formula is C11H10F3N3O. The Labute approximate surface area is 101 Å². The lowest BCUT2D eigenvalue weighted by atomic mass is 10.2. The van der Waals surface area contributed by atoms with Gasteiger partial charge in [-0.25, -0.2) is 9.97 Å². The van der Waals surface area contributed by atoms with Gasteiger partial charge < -0.3 is 9.73 Å². The van der Waals surface area contributed by atoms with Crippen molar-refractivity contribution >= 4 is 5.82 Å². The SMILES string of the molecule is Cc1cnc(CNc2cc(C(F)(F)F)ccn2)o1. The molecule has 0 bridgehead atoms. The molecule has 0 amide bonds. The Morgan fingerprint density at radius 3 is 2.72 bits per heavy atom. The predicted molar refractivity (Wildman–Crippen MR) is 57.8 cm³/mol. The van der Waals surface area contributed by atoms with Crippen molar-refractivity contribution in [3.05, 3.63) is 41.7 Å². The number of oxazole rings is 1. The molecule has 0 aliphatic heterocycles. The van der Waals surface area contributed by atoms with Crippen molar-refractivity contribution in [2.75, 3.05) is 5.32 Å². The van der Waals surface area contributed by atoms with Crippen LogP contribution in [0.25, 0.3) is 0 Å². The molecule has 4 nitrogen and oxygen atoms in total. The Kier molecular flexibility index (Phi) is 3.22. The molecule has 0 saturated heterocycles. The van der Waals surface area contributed by atoms with Crippen molar-refractivity contribution in [2.24, 2.45) is 0 Å². The molecule has 0 atom stereocenters. The Morgan fingerprint density at radius 2 is 2.11 bits per heavy atom. The van der Waals surface area contributed by atoms with Crippen molar-refractivity contribution in [3.8, 4) is 0 Å². The van der Waals surface area contributed by atoms with Crippen molar-refractivity contribution in [2.45, 2.75) is 19.6 Å². The van der Waals surface area contributed by atoms with Crippen LogP contribution in [0.2, 0.25) is 0 Å².